The highest BCUT2D eigenvalue weighted by Gasteiger charge is 2.23. The normalized spacial score (nSPS) is 21.1. The molecule has 2 heterocycles. The SMILES string of the molecule is CCNCC1COCCN1c1ccncn1. The molecule has 16 heavy (non-hydrogen) atoms. The molecule has 1 unspecified atom stereocenters. The molecule has 0 spiro atoms. The number of morpholine rings is 1. The van der Waals surface area contributed by atoms with E-state index in [0.717, 1.165) is 38.7 Å². The van der Waals surface area contributed by atoms with Gasteiger partial charge in [0.15, 0.2) is 0 Å². The lowest BCUT2D eigenvalue weighted by atomic mass is 10.2. The fourth-order valence-electron chi connectivity index (χ4n) is 1.89. The second-order valence-electron chi connectivity index (χ2n) is 3.80. The van der Waals surface area contributed by atoms with Gasteiger partial charge < -0.3 is 15.0 Å². The molecule has 1 N–H and O–H groups in total. The molecule has 0 saturated carbocycles. The van der Waals surface area contributed by atoms with Crippen molar-refractivity contribution in [1.29, 1.82) is 0 Å². The lowest BCUT2D eigenvalue weighted by molar-refractivity contribution is 0.0935. The number of ether oxygens (including phenoxy) is 1. The summed E-state index contributed by atoms with van der Waals surface area (Å²) < 4.78 is 5.51. The van der Waals surface area contributed by atoms with Crippen LogP contribution in [0, 0.1) is 0 Å². The second-order valence-corrected chi connectivity index (χ2v) is 3.80. The van der Waals surface area contributed by atoms with E-state index in [0.29, 0.717) is 6.04 Å². The molecule has 0 amide bonds. The molecule has 1 saturated heterocycles. The molecule has 5 nitrogen and oxygen atoms in total. The van der Waals surface area contributed by atoms with Gasteiger partial charge in [0, 0.05) is 19.3 Å². The van der Waals surface area contributed by atoms with E-state index in [2.05, 4.69) is 27.1 Å². The molecule has 0 aliphatic carbocycles. The van der Waals surface area contributed by atoms with Crippen LogP contribution >= 0.6 is 0 Å². The van der Waals surface area contributed by atoms with E-state index in [-0.39, 0.29) is 0 Å². The largest absolute Gasteiger partial charge is 0.377 e. The quantitative estimate of drug-likeness (QED) is 0.793. The molecule has 1 aromatic heterocycles. The van der Waals surface area contributed by atoms with Crippen LogP contribution in [-0.2, 0) is 4.74 Å². The van der Waals surface area contributed by atoms with Gasteiger partial charge in [-0.3, -0.25) is 0 Å². The highest BCUT2D eigenvalue weighted by Crippen LogP contribution is 2.15. The van der Waals surface area contributed by atoms with Crippen LogP contribution in [0.15, 0.2) is 18.6 Å². The van der Waals surface area contributed by atoms with Crippen LogP contribution in [0.25, 0.3) is 0 Å². The van der Waals surface area contributed by atoms with Crippen molar-refractivity contribution in [3.63, 3.8) is 0 Å². The van der Waals surface area contributed by atoms with Crippen molar-refractivity contribution in [3.8, 4) is 0 Å². The number of hydrogen-bond donors (Lipinski definition) is 1. The number of nitrogens with one attached hydrogen (secondary N) is 1. The average Bonchev–Trinajstić information content (AvgIpc) is 2.38. The second kappa shape index (κ2) is 5.77. The van der Waals surface area contributed by atoms with E-state index in [4.69, 9.17) is 4.74 Å². The molecule has 0 radical (unpaired) electrons. The Morgan fingerprint density at radius 1 is 1.62 bits per heavy atom. The number of rotatable bonds is 4. The molecule has 1 fully saturated rings. The molecule has 1 aliphatic heterocycles. The molecule has 1 aromatic rings. The highest BCUT2D eigenvalue weighted by molar-refractivity contribution is 5.38. The van der Waals surface area contributed by atoms with Crippen LogP contribution in [0.1, 0.15) is 6.92 Å². The monoisotopic (exact) mass is 222 g/mol. The lowest BCUT2D eigenvalue weighted by Crippen LogP contribution is -2.50. The Hall–Kier alpha value is -1.20. The summed E-state index contributed by atoms with van der Waals surface area (Å²) in [7, 11) is 0. The van der Waals surface area contributed by atoms with Crippen LogP contribution < -0.4 is 10.2 Å². The zero-order valence-corrected chi connectivity index (χ0v) is 9.59. The van der Waals surface area contributed by atoms with E-state index in [1.807, 2.05) is 6.07 Å². The van der Waals surface area contributed by atoms with Crippen molar-refractivity contribution in [2.24, 2.45) is 0 Å². The summed E-state index contributed by atoms with van der Waals surface area (Å²) in [5.41, 5.74) is 0. The van der Waals surface area contributed by atoms with Crippen molar-refractivity contribution < 1.29 is 4.74 Å². The first-order valence-electron chi connectivity index (χ1n) is 5.73. The zero-order chi connectivity index (χ0) is 11.2. The van der Waals surface area contributed by atoms with Crippen LogP contribution in [-0.4, -0.2) is 48.9 Å². The first kappa shape index (κ1) is 11.3. The molecular weight excluding hydrogens is 204 g/mol. The fourth-order valence-corrected chi connectivity index (χ4v) is 1.89. The Bertz CT molecular complexity index is 306. The number of aromatic nitrogens is 2. The third-order valence-corrected chi connectivity index (χ3v) is 2.72. The van der Waals surface area contributed by atoms with Crippen LogP contribution in [0.3, 0.4) is 0 Å². The van der Waals surface area contributed by atoms with Gasteiger partial charge in [0.1, 0.15) is 12.1 Å². The van der Waals surface area contributed by atoms with Gasteiger partial charge >= 0.3 is 0 Å². The molecule has 1 atom stereocenters. The maximum absolute atomic E-state index is 5.51. The minimum Gasteiger partial charge on any atom is -0.377 e. The molecule has 0 aromatic carbocycles. The summed E-state index contributed by atoms with van der Waals surface area (Å²) >= 11 is 0. The Kier molecular flexibility index (Phi) is 4.07. The number of anilines is 1. The van der Waals surface area contributed by atoms with Gasteiger partial charge in [-0.2, -0.15) is 0 Å². The zero-order valence-electron chi connectivity index (χ0n) is 9.59. The molecular formula is C11H18N4O. The Morgan fingerprint density at radius 3 is 3.31 bits per heavy atom. The van der Waals surface area contributed by atoms with Crippen molar-refractivity contribution in [1.82, 2.24) is 15.3 Å². The van der Waals surface area contributed by atoms with Crippen molar-refractivity contribution >= 4 is 5.82 Å². The maximum Gasteiger partial charge on any atom is 0.132 e. The molecule has 88 valence electrons. The predicted octanol–water partition coefficient (Wildman–Crippen LogP) is 0.291. The van der Waals surface area contributed by atoms with Gasteiger partial charge in [-0.1, -0.05) is 6.92 Å². The topological polar surface area (TPSA) is 50.3 Å². The highest BCUT2D eigenvalue weighted by atomic mass is 16.5. The third kappa shape index (κ3) is 2.68. The van der Waals surface area contributed by atoms with E-state index in [9.17, 15) is 0 Å². The molecule has 5 heteroatoms. The van der Waals surface area contributed by atoms with Crippen molar-refractivity contribution in [3.05, 3.63) is 18.6 Å². The van der Waals surface area contributed by atoms with Crippen molar-refractivity contribution in [2.45, 2.75) is 13.0 Å². The molecule has 2 rings (SSSR count). The Balaban J connectivity index is 2.04. The van der Waals surface area contributed by atoms with Gasteiger partial charge in [-0.15, -0.1) is 0 Å². The molecule has 1 aliphatic rings. The number of hydrogen-bond acceptors (Lipinski definition) is 5. The smallest absolute Gasteiger partial charge is 0.132 e. The standard InChI is InChI=1S/C11H18N4O/c1-2-12-7-10-8-16-6-5-15(10)11-3-4-13-9-14-11/h3-4,9-10,12H,2,5-8H2,1H3. The van der Waals surface area contributed by atoms with Crippen molar-refractivity contribution in [2.75, 3.05) is 37.7 Å². The van der Waals surface area contributed by atoms with Gasteiger partial charge in [-0.25, -0.2) is 9.97 Å². The Morgan fingerprint density at radius 2 is 2.56 bits per heavy atom. The summed E-state index contributed by atoms with van der Waals surface area (Å²) in [6.45, 7) is 6.45. The predicted molar refractivity (Wildman–Crippen MR) is 62.5 cm³/mol. The van der Waals surface area contributed by atoms with E-state index in [1.54, 1.807) is 12.5 Å². The van der Waals surface area contributed by atoms with Gasteiger partial charge in [-0.05, 0) is 12.6 Å². The fraction of sp³-hybridized carbons (Fsp3) is 0.636. The van der Waals surface area contributed by atoms with Gasteiger partial charge in [0.25, 0.3) is 0 Å². The minimum atomic E-state index is 0.364. The summed E-state index contributed by atoms with van der Waals surface area (Å²) in [5.74, 6) is 0.987. The summed E-state index contributed by atoms with van der Waals surface area (Å²) in [6.07, 6.45) is 3.37. The van der Waals surface area contributed by atoms with Gasteiger partial charge in [0.05, 0.1) is 19.3 Å². The summed E-state index contributed by atoms with van der Waals surface area (Å²) in [4.78, 5) is 10.5. The molecule has 0 bridgehead atoms. The first-order chi connectivity index (χ1) is 7.92. The number of likely N-dealkylation sites (N-methyl/N-ethyl adjacent to an activating group) is 1. The van der Waals surface area contributed by atoms with E-state index < -0.39 is 0 Å². The van der Waals surface area contributed by atoms with Crippen LogP contribution in [0.2, 0.25) is 0 Å². The van der Waals surface area contributed by atoms with E-state index in [1.165, 1.54) is 0 Å². The summed E-state index contributed by atoms with van der Waals surface area (Å²) in [6, 6.07) is 2.31. The van der Waals surface area contributed by atoms with E-state index >= 15 is 0 Å². The average molecular weight is 222 g/mol. The van der Waals surface area contributed by atoms with Gasteiger partial charge in [0.2, 0.25) is 0 Å². The third-order valence-electron chi connectivity index (χ3n) is 2.72. The van der Waals surface area contributed by atoms with Crippen LogP contribution in [0.4, 0.5) is 5.82 Å². The minimum absolute atomic E-state index is 0.364. The maximum atomic E-state index is 5.51. The Labute approximate surface area is 95.8 Å². The first-order valence-corrected chi connectivity index (χ1v) is 5.73. The summed E-state index contributed by atoms with van der Waals surface area (Å²) in [5, 5.41) is 3.35. The van der Waals surface area contributed by atoms with Crippen LogP contribution in [0.5, 0.6) is 0 Å². The lowest BCUT2D eigenvalue weighted by Gasteiger charge is -2.36. The number of nitrogens with zero attached hydrogens (tertiary/aromatic N) is 3.